The molecule has 5 nitrogen and oxygen atoms in total. The molecule has 2 aromatic carbocycles. The molecule has 1 aromatic heterocycles. The molecule has 0 aliphatic carbocycles. The molecule has 2 amide bonds. The molecule has 0 atom stereocenters. The van der Waals surface area contributed by atoms with Crippen LogP contribution < -0.4 is 10.6 Å². The minimum atomic E-state index is -0.504. The van der Waals surface area contributed by atoms with Crippen LogP contribution in [0.1, 0.15) is 26.5 Å². The van der Waals surface area contributed by atoms with Gasteiger partial charge in [0.15, 0.2) is 0 Å². The summed E-state index contributed by atoms with van der Waals surface area (Å²) in [6.07, 6.45) is 0. The Morgan fingerprint density at radius 3 is 2.37 bits per heavy atom. The predicted octanol–water partition coefficient (Wildman–Crippen LogP) is 4.06. The second-order valence-corrected chi connectivity index (χ2v) is 6.08. The number of carbonyl (C=O) groups is 2. The van der Waals surface area contributed by atoms with Crippen LogP contribution in [0.25, 0.3) is 0 Å². The molecule has 0 aliphatic rings. The Kier molecular flexibility index (Phi) is 5.78. The summed E-state index contributed by atoms with van der Waals surface area (Å²) in [7, 11) is 0. The van der Waals surface area contributed by atoms with Crippen molar-refractivity contribution in [3.05, 3.63) is 94.5 Å². The zero-order chi connectivity index (χ0) is 19.2. The molecule has 0 saturated carbocycles. The number of hydrogen-bond donors (Lipinski definition) is 2. The first-order chi connectivity index (χ1) is 13.0. The van der Waals surface area contributed by atoms with Crippen molar-refractivity contribution in [2.45, 2.75) is 6.54 Å². The summed E-state index contributed by atoms with van der Waals surface area (Å²) in [5.74, 6) is -1.38. The maximum atomic E-state index is 13.6. The Balaban J connectivity index is 1.68. The average molecular weight is 384 g/mol. The lowest BCUT2D eigenvalue weighted by Crippen LogP contribution is -2.25. The zero-order valence-corrected chi connectivity index (χ0v) is 14.8. The lowest BCUT2D eigenvalue weighted by Gasteiger charge is -2.08. The third-order valence-corrected chi connectivity index (χ3v) is 3.93. The van der Waals surface area contributed by atoms with E-state index < -0.39 is 17.6 Å². The normalized spacial score (nSPS) is 10.3. The van der Waals surface area contributed by atoms with E-state index in [-0.39, 0.29) is 17.9 Å². The molecule has 0 unspecified atom stereocenters. The zero-order valence-electron chi connectivity index (χ0n) is 14.1. The number of amides is 2. The monoisotopic (exact) mass is 383 g/mol. The molecule has 0 saturated heterocycles. The molecule has 0 radical (unpaired) electrons. The van der Waals surface area contributed by atoms with E-state index in [4.69, 9.17) is 11.6 Å². The van der Waals surface area contributed by atoms with Gasteiger partial charge in [-0.2, -0.15) is 0 Å². The molecular formula is C20H15ClFN3O2. The van der Waals surface area contributed by atoms with Crippen LogP contribution in [-0.4, -0.2) is 16.8 Å². The molecule has 0 fully saturated rings. The Hall–Kier alpha value is -3.25. The predicted molar refractivity (Wildman–Crippen MR) is 101 cm³/mol. The molecule has 3 aromatic rings. The number of aromatic nitrogens is 1. The van der Waals surface area contributed by atoms with Crippen molar-refractivity contribution in [2.75, 3.05) is 5.32 Å². The van der Waals surface area contributed by atoms with Gasteiger partial charge >= 0.3 is 0 Å². The number of nitrogens with zero attached hydrogens (tertiary/aromatic N) is 1. The molecular weight excluding hydrogens is 369 g/mol. The number of pyridine rings is 1. The summed E-state index contributed by atoms with van der Waals surface area (Å²) in [5.41, 5.74) is 1.02. The van der Waals surface area contributed by atoms with E-state index in [9.17, 15) is 14.0 Å². The highest BCUT2D eigenvalue weighted by Gasteiger charge is 2.13. The summed E-state index contributed by atoms with van der Waals surface area (Å²) in [4.78, 5) is 28.7. The van der Waals surface area contributed by atoms with Gasteiger partial charge in [0.05, 0.1) is 0 Å². The van der Waals surface area contributed by atoms with Crippen molar-refractivity contribution in [3.8, 4) is 0 Å². The maximum absolute atomic E-state index is 13.6. The molecule has 2 N–H and O–H groups in total. The molecule has 3 rings (SSSR count). The summed E-state index contributed by atoms with van der Waals surface area (Å²) in [6, 6.07) is 17.4. The SMILES string of the molecule is O=C(NCc1ccccc1F)c1cccc(C(=O)Nc2cccc(Cl)c2)n1. The van der Waals surface area contributed by atoms with Gasteiger partial charge in [-0.15, -0.1) is 0 Å². The van der Waals surface area contributed by atoms with Crippen molar-refractivity contribution in [1.29, 1.82) is 0 Å². The average Bonchev–Trinajstić information content (AvgIpc) is 2.67. The lowest BCUT2D eigenvalue weighted by molar-refractivity contribution is 0.0945. The van der Waals surface area contributed by atoms with Crippen LogP contribution in [0.5, 0.6) is 0 Å². The van der Waals surface area contributed by atoms with Gasteiger partial charge < -0.3 is 10.6 Å². The lowest BCUT2D eigenvalue weighted by atomic mass is 10.2. The van der Waals surface area contributed by atoms with Gasteiger partial charge in [0, 0.05) is 22.8 Å². The Bertz CT molecular complexity index is 994. The number of hydrogen-bond acceptors (Lipinski definition) is 3. The molecule has 0 bridgehead atoms. The van der Waals surface area contributed by atoms with Crippen LogP contribution >= 0.6 is 11.6 Å². The summed E-state index contributed by atoms with van der Waals surface area (Å²) in [6.45, 7) is 0.0200. The van der Waals surface area contributed by atoms with Gasteiger partial charge in [0.1, 0.15) is 17.2 Å². The quantitative estimate of drug-likeness (QED) is 0.698. The summed E-state index contributed by atoms with van der Waals surface area (Å²) in [5, 5.41) is 5.74. The highest BCUT2D eigenvalue weighted by atomic mass is 35.5. The largest absolute Gasteiger partial charge is 0.347 e. The minimum Gasteiger partial charge on any atom is -0.347 e. The molecule has 1 heterocycles. The van der Waals surface area contributed by atoms with E-state index in [2.05, 4.69) is 15.6 Å². The number of benzene rings is 2. The van der Waals surface area contributed by atoms with Gasteiger partial charge in [-0.3, -0.25) is 9.59 Å². The van der Waals surface area contributed by atoms with Crippen molar-refractivity contribution < 1.29 is 14.0 Å². The van der Waals surface area contributed by atoms with Crippen molar-refractivity contribution in [3.63, 3.8) is 0 Å². The highest BCUT2D eigenvalue weighted by molar-refractivity contribution is 6.30. The van der Waals surface area contributed by atoms with E-state index in [1.807, 2.05) is 0 Å². The van der Waals surface area contributed by atoms with Crippen LogP contribution in [0.3, 0.4) is 0 Å². The first-order valence-electron chi connectivity index (χ1n) is 8.08. The molecule has 0 spiro atoms. The molecule has 7 heteroatoms. The van der Waals surface area contributed by atoms with E-state index in [0.717, 1.165) is 0 Å². The van der Waals surface area contributed by atoms with E-state index in [1.54, 1.807) is 48.5 Å². The maximum Gasteiger partial charge on any atom is 0.274 e. The smallest absolute Gasteiger partial charge is 0.274 e. The third kappa shape index (κ3) is 4.89. The van der Waals surface area contributed by atoms with E-state index in [0.29, 0.717) is 16.3 Å². The third-order valence-electron chi connectivity index (χ3n) is 3.69. The molecule has 27 heavy (non-hydrogen) atoms. The first kappa shape index (κ1) is 18.5. The number of nitrogens with one attached hydrogen (secondary N) is 2. The van der Waals surface area contributed by atoms with Gasteiger partial charge in [-0.1, -0.05) is 41.9 Å². The van der Waals surface area contributed by atoms with Crippen molar-refractivity contribution in [1.82, 2.24) is 10.3 Å². The second-order valence-electron chi connectivity index (χ2n) is 5.65. The second kappa shape index (κ2) is 8.42. The Labute approximate surface area is 160 Å². The fraction of sp³-hybridized carbons (Fsp3) is 0.0500. The van der Waals surface area contributed by atoms with Crippen LogP contribution in [0.4, 0.5) is 10.1 Å². The van der Waals surface area contributed by atoms with E-state index in [1.165, 1.54) is 18.2 Å². The fourth-order valence-electron chi connectivity index (χ4n) is 2.36. The number of rotatable bonds is 5. The molecule has 136 valence electrons. The van der Waals surface area contributed by atoms with Crippen LogP contribution in [0.2, 0.25) is 5.02 Å². The first-order valence-corrected chi connectivity index (χ1v) is 8.46. The molecule has 0 aliphatic heterocycles. The van der Waals surface area contributed by atoms with E-state index >= 15 is 0 Å². The van der Waals surface area contributed by atoms with Crippen LogP contribution in [0.15, 0.2) is 66.7 Å². The topological polar surface area (TPSA) is 71.1 Å². The van der Waals surface area contributed by atoms with Gasteiger partial charge in [-0.05, 0) is 36.4 Å². The van der Waals surface area contributed by atoms with Crippen molar-refractivity contribution in [2.24, 2.45) is 0 Å². The van der Waals surface area contributed by atoms with Crippen LogP contribution in [-0.2, 0) is 6.54 Å². The summed E-state index contributed by atoms with van der Waals surface area (Å²) < 4.78 is 13.6. The van der Waals surface area contributed by atoms with Crippen LogP contribution in [0, 0.1) is 5.82 Å². The van der Waals surface area contributed by atoms with Gasteiger partial charge in [0.2, 0.25) is 0 Å². The van der Waals surface area contributed by atoms with Crippen molar-refractivity contribution >= 4 is 29.1 Å². The van der Waals surface area contributed by atoms with Gasteiger partial charge in [-0.25, -0.2) is 9.37 Å². The highest BCUT2D eigenvalue weighted by Crippen LogP contribution is 2.15. The number of carbonyl (C=O) groups excluding carboxylic acids is 2. The number of anilines is 1. The number of halogens is 2. The van der Waals surface area contributed by atoms with Gasteiger partial charge in [0.25, 0.3) is 11.8 Å². The Morgan fingerprint density at radius 2 is 1.63 bits per heavy atom. The minimum absolute atomic E-state index is 0.0200. The Morgan fingerprint density at radius 1 is 0.926 bits per heavy atom. The standard InChI is InChI=1S/C20H15ClFN3O2/c21-14-6-3-7-15(11-14)24-20(27)18-10-4-9-17(25-18)19(26)23-12-13-5-1-2-8-16(13)22/h1-11H,12H2,(H,23,26)(H,24,27). The summed E-state index contributed by atoms with van der Waals surface area (Å²) >= 11 is 5.89. The fourth-order valence-corrected chi connectivity index (χ4v) is 2.55.